The second kappa shape index (κ2) is 12.2. The first-order valence-corrected chi connectivity index (χ1v) is 15.4. The number of carbonyl (C=O) groups excluding carboxylic acids is 2. The topological polar surface area (TPSA) is 109 Å². The number of halogens is 3. The van der Waals surface area contributed by atoms with Crippen molar-refractivity contribution in [1.82, 2.24) is 19.4 Å². The SMILES string of the molecule is CN1CCN(C)C(c2ccc(Nc3nc(-c4ccc(F)c(NC(=O)Oc5cc6c(s5)C(F)(F)CCC6)c4)cn(C)c3=O)cc2)C1=O. The molecule has 1 atom stereocenters. The molecule has 1 aliphatic heterocycles. The molecule has 2 aromatic heterocycles. The number of ether oxygens (including phenoxy) is 1. The van der Waals surface area contributed by atoms with E-state index in [9.17, 15) is 27.6 Å². The highest BCUT2D eigenvalue weighted by Gasteiger charge is 2.39. The number of amides is 2. The second-order valence-electron chi connectivity index (χ2n) is 11.5. The van der Waals surface area contributed by atoms with Gasteiger partial charge in [0.2, 0.25) is 5.91 Å². The molecule has 0 saturated carbocycles. The van der Waals surface area contributed by atoms with E-state index < -0.39 is 29.4 Å². The number of fused-ring (bicyclic) bond motifs is 1. The Morgan fingerprint density at radius 3 is 2.57 bits per heavy atom. The van der Waals surface area contributed by atoms with Gasteiger partial charge in [0.1, 0.15) is 11.9 Å². The highest BCUT2D eigenvalue weighted by atomic mass is 32.1. The highest BCUT2D eigenvalue weighted by Crippen LogP contribution is 2.46. The third-order valence-corrected chi connectivity index (χ3v) is 9.31. The van der Waals surface area contributed by atoms with Gasteiger partial charge >= 0.3 is 6.09 Å². The molecule has 46 heavy (non-hydrogen) atoms. The summed E-state index contributed by atoms with van der Waals surface area (Å²) in [5.41, 5.74) is 1.90. The lowest BCUT2D eigenvalue weighted by Crippen LogP contribution is -2.48. The summed E-state index contributed by atoms with van der Waals surface area (Å²) in [7, 11) is 5.23. The smallest absolute Gasteiger partial charge is 0.399 e. The van der Waals surface area contributed by atoms with Crippen LogP contribution < -0.4 is 20.9 Å². The lowest BCUT2D eigenvalue weighted by Gasteiger charge is -2.37. The van der Waals surface area contributed by atoms with E-state index in [-0.39, 0.29) is 33.8 Å². The van der Waals surface area contributed by atoms with Crippen molar-refractivity contribution in [3.8, 4) is 16.3 Å². The molecule has 2 N–H and O–H groups in total. The third kappa shape index (κ3) is 6.22. The van der Waals surface area contributed by atoms with Gasteiger partial charge in [-0.05, 0) is 67.4 Å². The maximum atomic E-state index is 14.7. The number of hydrogen-bond acceptors (Lipinski definition) is 8. The predicted molar refractivity (Wildman–Crippen MR) is 168 cm³/mol. The van der Waals surface area contributed by atoms with Gasteiger partial charge in [0.15, 0.2) is 10.9 Å². The van der Waals surface area contributed by atoms with E-state index in [1.54, 1.807) is 31.1 Å². The highest BCUT2D eigenvalue weighted by molar-refractivity contribution is 7.14. The number of nitrogens with one attached hydrogen (secondary N) is 2. The summed E-state index contributed by atoms with van der Waals surface area (Å²) >= 11 is 0.704. The zero-order valence-electron chi connectivity index (χ0n) is 25.3. The molecule has 4 aromatic rings. The minimum atomic E-state index is -2.97. The van der Waals surface area contributed by atoms with Crippen molar-refractivity contribution in [1.29, 1.82) is 0 Å². The quantitative estimate of drug-likeness (QED) is 0.268. The molecule has 3 heterocycles. The summed E-state index contributed by atoms with van der Waals surface area (Å²) in [6, 6.07) is 12.1. The third-order valence-electron chi connectivity index (χ3n) is 8.15. The average molecular weight is 653 g/mol. The summed E-state index contributed by atoms with van der Waals surface area (Å²) in [6.45, 7) is 1.41. The van der Waals surface area contributed by atoms with Gasteiger partial charge in [-0.2, -0.15) is 0 Å². The van der Waals surface area contributed by atoms with E-state index in [1.807, 2.05) is 24.1 Å². The average Bonchev–Trinajstić information content (AvgIpc) is 3.43. The van der Waals surface area contributed by atoms with Crippen LogP contribution in [0.2, 0.25) is 0 Å². The Kier molecular flexibility index (Phi) is 8.33. The van der Waals surface area contributed by atoms with Crippen LogP contribution in [-0.4, -0.2) is 58.5 Å². The van der Waals surface area contributed by atoms with Gasteiger partial charge in [-0.15, -0.1) is 0 Å². The Labute approximate surface area is 266 Å². The molecular weight excluding hydrogens is 621 g/mol. The molecule has 0 radical (unpaired) electrons. The normalized spacial score (nSPS) is 17.8. The lowest BCUT2D eigenvalue weighted by molar-refractivity contribution is -0.139. The number of alkyl halides is 2. The largest absolute Gasteiger partial charge is 0.417 e. The van der Waals surface area contributed by atoms with E-state index >= 15 is 0 Å². The van der Waals surface area contributed by atoms with E-state index in [0.29, 0.717) is 53.2 Å². The summed E-state index contributed by atoms with van der Waals surface area (Å²) < 4.78 is 49.8. The van der Waals surface area contributed by atoms with Crippen molar-refractivity contribution in [2.75, 3.05) is 37.8 Å². The van der Waals surface area contributed by atoms with E-state index in [1.165, 1.54) is 29.0 Å². The van der Waals surface area contributed by atoms with Crippen molar-refractivity contribution >= 4 is 40.5 Å². The van der Waals surface area contributed by atoms with Crippen LogP contribution in [0.3, 0.4) is 0 Å². The number of carbonyl (C=O) groups is 2. The first-order chi connectivity index (χ1) is 21.9. The molecule has 240 valence electrons. The van der Waals surface area contributed by atoms with Crippen LogP contribution in [0, 0.1) is 5.82 Å². The first-order valence-electron chi connectivity index (χ1n) is 14.6. The maximum absolute atomic E-state index is 14.7. The minimum absolute atomic E-state index is 0.00573. The van der Waals surface area contributed by atoms with Crippen LogP contribution in [0.15, 0.2) is 59.5 Å². The predicted octanol–water partition coefficient (Wildman–Crippen LogP) is 5.88. The number of thiophene rings is 1. The monoisotopic (exact) mass is 652 g/mol. The van der Waals surface area contributed by atoms with Gasteiger partial charge in [-0.1, -0.05) is 23.5 Å². The summed E-state index contributed by atoms with van der Waals surface area (Å²) in [5, 5.41) is 5.35. The van der Waals surface area contributed by atoms with Crippen LogP contribution in [0.25, 0.3) is 11.3 Å². The first kappa shape index (κ1) is 31.3. The number of aryl methyl sites for hydroxylation is 2. The van der Waals surface area contributed by atoms with Crippen LogP contribution in [0.4, 0.5) is 35.2 Å². The fourth-order valence-corrected chi connectivity index (χ4v) is 6.69. The van der Waals surface area contributed by atoms with Crippen LogP contribution in [-0.2, 0) is 24.2 Å². The van der Waals surface area contributed by atoms with E-state index in [4.69, 9.17) is 4.74 Å². The molecule has 0 bridgehead atoms. The number of benzene rings is 2. The van der Waals surface area contributed by atoms with Crippen molar-refractivity contribution in [2.45, 2.75) is 31.2 Å². The molecule has 1 aliphatic carbocycles. The zero-order valence-corrected chi connectivity index (χ0v) is 26.1. The molecule has 0 spiro atoms. The molecule has 14 heteroatoms. The Balaban J connectivity index is 1.19. The summed E-state index contributed by atoms with van der Waals surface area (Å²) in [5.74, 6) is -3.71. The number of anilines is 3. The number of aromatic nitrogens is 2. The van der Waals surface area contributed by atoms with Crippen LogP contribution in [0.1, 0.15) is 34.9 Å². The molecule has 1 fully saturated rings. The Bertz CT molecular complexity index is 1880. The van der Waals surface area contributed by atoms with Crippen molar-refractivity contribution in [3.63, 3.8) is 0 Å². The number of piperazine rings is 1. The van der Waals surface area contributed by atoms with Crippen LogP contribution >= 0.6 is 11.3 Å². The Hall–Kier alpha value is -4.69. The molecule has 2 amide bonds. The zero-order chi connectivity index (χ0) is 32.7. The molecule has 2 aromatic carbocycles. The van der Waals surface area contributed by atoms with Gasteiger partial charge in [-0.3, -0.25) is 19.8 Å². The molecule has 10 nitrogen and oxygen atoms in total. The fourth-order valence-electron chi connectivity index (χ4n) is 5.62. The lowest BCUT2D eigenvalue weighted by atomic mass is 9.96. The van der Waals surface area contributed by atoms with Gasteiger partial charge < -0.3 is 19.5 Å². The molecule has 6 rings (SSSR count). The standard InChI is InChI=1S/C32H31F3N6O4S/c1-39-13-14-40(2)29(42)26(39)18-6-9-21(10-7-18)36-28-30(43)41(3)17-24(37-28)19-8-11-22(33)23(15-19)38-31(44)45-25-16-20-5-4-12-32(34,35)27(20)46-25/h6-11,15-17,26H,4-5,12-14H2,1-3H3,(H,36,37)(H,38,44). The van der Waals surface area contributed by atoms with Gasteiger partial charge in [0, 0.05) is 51.1 Å². The molecule has 1 saturated heterocycles. The summed E-state index contributed by atoms with van der Waals surface area (Å²) in [4.78, 5) is 46.4. The number of rotatable bonds is 6. The van der Waals surface area contributed by atoms with Crippen molar-refractivity contribution in [3.05, 3.63) is 86.9 Å². The second-order valence-corrected chi connectivity index (χ2v) is 12.5. The molecular formula is C32H31F3N6O4S. The maximum Gasteiger partial charge on any atom is 0.417 e. The molecule has 1 unspecified atom stereocenters. The van der Waals surface area contributed by atoms with Gasteiger partial charge in [-0.25, -0.2) is 22.9 Å². The summed E-state index contributed by atoms with van der Waals surface area (Å²) in [6.07, 6.45) is 0.981. The number of likely N-dealkylation sites (N-methyl/N-ethyl adjacent to an activating group) is 2. The van der Waals surface area contributed by atoms with E-state index in [0.717, 1.165) is 18.2 Å². The number of nitrogens with zero attached hydrogens (tertiary/aromatic N) is 4. The Morgan fingerprint density at radius 1 is 1.07 bits per heavy atom. The minimum Gasteiger partial charge on any atom is -0.399 e. The van der Waals surface area contributed by atoms with Crippen molar-refractivity contribution in [2.24, 2.45) is 7.05 Å². The van der Waals surface area contributed by atoms with E-state index in [2.05, 4.69) is 15.6 Å². The van der Waals surface area contributed by atoms with Crippen molar-refractivity contribution < 1.29 is 27.5 Å². The molecule has 2 aliphatic rings. The fraction of sp³-hybridized carbons (Fsp3) is 0.312. The van der Waals surface area contributed by atoms with Gasteiger partial charge in [0.25, 0.3) is 11.5 Å². The number of hydrogen-bond donors (Lipinski definition) is 2. The van der Waals surface area contributed by atoms with Crippen LogP contribution in [0.5, 0.6) is 5.06 Å². The van der Waals surface area contributed by atoms with Gasteiger partial charge in [0.05, 0.1) is 16.3 Å². The Morgan fingerprint density at radius 2 is 1.83 bits per heavy atom.